The van der Waals surface area contributed by atoms with Crippen molar-refractivity contribution < 1.29 is 9.59 Å². The largest absolute Gasteiger partial charge is 0.323 e. The van der Waals surface area contributed by atoms with Gasteiger partial charge < -0.3 is 15.2 Å². The first kappa shape index (κ1) is 16.0. The van der Waals surface area contributed by atoms with Crippen molar-refractivity contribution in [2.75, 3.05) is 16.8 Å². The van der Waals surface area contributed by atoms with Crippen LogP contribution in [0, 0.1) is 0 Å². The van der Waals surface area contributed by atoms with E-state index >= 15 is 0 Å². The summed E-state index contributed by atoms with van der Waals surface area (Å²) in [4.78, 5) is 45.2. The van der Waals surface area contributed by atoms with Gasteiger partial charge in [-0.3, -0.25) is 14.4 Å². The molecule has 26 heavy (non-hydrogen) atoms. The van der Waals surface area contributed by atoms with E-state index in [1.54, 1.807) is 36.4 Å². The third-order valence-electron chi connectivity index (χ3n) is 4.31. The summed E-state index contributed by atoms with van der Waals surface area (Å²) in [5.41, 5.74) is 1.67. The second kappa shape index (κ2) is 6.44. The number of para-hydroxylation sites is 3. The molecule has 7 heteroatoms. The lowest BCUT2D eigenvalue weighted by Crippen LogP contribution is -2.42. The number of fused-ring (bicyclic) bond motifs is 2. The normalized spacial score (nSPS) is 13.4. The minimum absolute atomic E-state index is 0.0164. The predicted molar refractivity (Wildman–Crippen MR) is 98.1 cm³/mol. The number of hydrogen-bond acceptors (Lipinski definition) is 4. The van der Waals surface area contributed by atoms with Crippen LogP contribution in [-0.4, -0.2) is 28.3 Å². The number of carbonyl (C=O) groups excluding carboxylic acids is 2. The summed E-state index contributed by atoms with van der Waals surface area (Å²) in [6.45, 7) is -0.0164. The number of aromatic nitrogens is 2. The Morgan fingerprint density at radius 3 is 2.73 bits per heavy atom. The zero-order chi connectivity index (χ0) is 18.1. The van der Waals surface area contributed by atoms with Gasteiger partial charge in [0, 0.05) is 12.8 Å². The average molecular weight is 348 g/mol. The fraction of sp³-hybridized carbons (Fsp3) is 0.158. The number of nitrogens with zero attached hydrogens (tertiary/aromatic N) is 2. The van der Waals surface area contributed by atoms with Crippen molar-refractivity contribution in [2.24, 2.45) is 0 Å². The number of aromatic amines is 1. The minimum Gasteiger partial charge on any atom is -0.323 e. The minimum atomic E-state index is -0.228. The lowest BCUT2D eigenvalue weighted by Gasteiger charge is -2.29. The van der Waals surface area contributed by atoms with Crippen LogP contribution in [0.4, 0.5) is 11.4 Å². The molecular formula is C19H16N4O3. The molecule has 0 atom stereocenters. The predicted octanol–water partition coefficient (Wildman–Crippen LogP) is 1.84. The average Bonchev–Trinajstić information content (AvgIpc) is 2.65. The van der Waals surface area contributed by atoms with E-state index in [1.165, 1.54) is 4.90 Å². The number of rotatable bonds is 3. The van der Waals surface area contributed by atoms with Crippen LogP contribution in [0.3, 0.4) is 0 Å². The fourth-order valence-electron chi connectivity index (χ4n) is 3.07. The Labute approximate surface area is 148 Å². The maximum Gasteiger partial charge on any atom is 0.258 e. The quantitative estimate of drug-likeness (QED) is 0.755. The molecule has 2 N–H and O–H groups in total. The molecule has 1 aromatic heterocycles. The standard InChI is InChI=1S/C19H16N4O3/c24-17-11-23(15-8-4-3-7-14(15)21-17)18(25)10-9-16-20-13-6-2-1-5-12(13)19(26)22-16/h1-8H,9-11H2,(H,21,24)(H,20,22,26). The molecule has 3 aromatic rings. The highest BCUT2D eigenvalue weighted by Crippen LogP contribution is 2.29. The molecule has 2 aromatic carbocycles. The summed E-state index contributed by atoms with van der Waals surface area (Å²) < 4.78 is 0. The highest BCUT2D eigenvalue weighted by molar-refractivity contribution is 6.09. The Balaban J connectivity index is 1.55. The summed E-state index contributed by atoms with van der Waals surface area (Å²) in [5, 5.41) is 3.27. The van der Waals surface area contributed by atoms with Gasteiger partial charge in [-0.25, -0.2) is 4.98 Å². The third-order valence-corrected chi connectivity index (χ3v) is 4.31. The summed E-state index contributed by atoms with van der Waals surface area (Å²) in [6.07, 6.45) is 0.433. The van der Waals surface area contributed by atoms with E-state index in [9.17, 15) is 14.4 Å². The molecule has 1 aliphatic rings. The number of H-pyrrole nitrogens is 1. The molecule has 1 aliphatic heterocycles. The lowest BCUT2D eigenvalue weighted by molar-refractivity contribution is -0.121. The Bertz CT molecular complexity index is 1070. The smallest absolute Gasteiger partial charge is 0.258 e. The van der Waals surface area contributed by atoms with Crippen molar-refractivity contribution >= 4 is 34.1 Å². The van der Waals surface area contributed by atoms with E-state index in [0.717, 1.165) is 0 Å². The molecule has 0 spiro atoms. The van der Waals surface area contributed by atoms with E-state index < -0.39 is 0 Å². The molecule has 2 amide bonds. The maximum atomic E-state index is 12.7. The Kier molecular flexibility index (Phi) is 3.96. The first-order valence-corrected chi connectivity index (χ1v) is 8.29. The van der Waals surface area contributed by atoms with Gasteiger partial charge in [0.15, 0.2) is 0 Å². The second-order valence-corrected chi connectivity index (χ2v) is 6.07. The van der Waals surface area contributed by atoms with Crippen molar-refractivity contribution in [3.8, 4) is 0 Å². The second-order valence-electron chi connectivity index (χ2n) is 6.07. The van der Waals surface area contributed by atoms with Crippen molar-refractivity contribution in [3.05, 3.63) is 64.7 Å². The maximum absolute atomic E-state index is 12.7. The molecule has 0 saturated carbocycles. The molecule has 4 rings (SSSR count). The van der Waals surface area contributed by atoms with Crippen molar-refractivity contribution in [2.45, 2.75) is 12.8 Å². The third kappa shape index (κ3) is 2.95. The first-order chi connectivity index (χ1) is 12.6. The van der Waals surface area contributed by atoms with E-state index in [1.807, 2.05) is 12.1 Å². The van der Waals surface area contributed by atoms with E-state index in [4.69, 9.17) is 0 Å². The number of carbonyl (C=O) groups is 2. The van der Waals surface area contributed by atoms with Crippen LogP contribution in [0.5, 0.6) is 0 Å². The zero-order valence-corrected chi connectivity index (χ0v) is 13.9. The van der Waals surface area contributed by atoms with Crippen LogP contribution in [-0.2, 0) is 16.0 Å². The summed E-state index contributed by atoms with van der Waals surface area (Å²) >= 11 is 0. The van der Waals surface area contributed by atoms with Gasteiger partial charge in [-0.15, -0.1) is 0 Å². The molecule has 0 aliphatic carbocycles. The monoisotopic (exact) mass is 348 g/mol. The van der Waals surface area contributed by atoms with Gasteiger partial charge in [0.2, 0.25) is 11.8 Å². The number of anilines is 2. The van der Waals surface area contributed by atoms with Crippen molar-refractivity contribution in [1.82, 2.24) is 9.97 Å². The Morgan fingerprint density at radius 1 is 1.08 bits per heavy atom. The Hall–Kier alpha value is -3.48. The SMILES string of the molecule is O=C1CN(C(=O)CCc2nc3ccccc3c(=O)[nH]2)c2ccccc2N1. The fourth-order valence-corrected chi connectivity index (χ4v) is 3.07. The summed E-state index contributed by atoms with van der Waals surface area (Å²) in [5.74, 6) is 0.0363. The van der Waals surface area contributed by atoms with Crippen LogP contribution < -0.4 is 15.8 Å². The highest BCUT2D eigenvalue weighted by Gasteiger charge is 2.26. The lowest BCUT2D eigenvalue weighted by atomic mass is 10.1. The molecule has 130 valence electrons. The van der Waals surface area contributed by atoms with Crippen molar-refractivity contribution in [3.63, 3.8) is 0 Å². The van der Waals surface area contributed by atoms with Crippen LogP contribution in [0.1, 0.15) is 12.2 Å². The van der Waals surface area contributed by atoms with Gasteiger partial charge in [-0.2, -0.15) is 0 Å². The van der Waals surface area contributed by atoms with Crippen LogP contribution >= 0.6 is 0 Å². The van der Waals surface area contributed by atoms with E-state index in [0.29, 0.717) is 34.5 Å². The number of benzene rings is 2. The molecule has 0 radical (unpaired) electrons. The van der Waals surface area contributed by atoms with E-state index in [-0.39, 0.29) is 30.3 Å². The van der Waals surface area contributed by atoms with Gasteiger partial charge in [0.05, 0.1) is 22.3 Å². The van der Waals surface area contributed by atoms with Gasteiger partial charge >= 0.3 is 0 Å². The van der Waals surface area contributed by atoms with Crippen LogP contribution in [0.25, 0.3) is 10.9 Å². The van der Waals surface area contributed by atoms with Gasteiger partial charge in [-0.05, 0) is 24.3 Å². The molecule has 7 nitrogen and oxygen atoms in total. The molecule has 2 heterocycles. The molecule has 0 bridgehead atoms. The topological polar surface area (TPSA) is 95.2 Å². The van der Waals surface area contributed by atoms with E-state index in [2.05, 4.69) is 15.3 Å². The molecule has 0 saturated heterocycles. The first-order valence-electron chi connectivity index (χ1n) is 8.29. The summed E-state index contributed by atoms with van der Waals surface area (Å²) in [7, 11) is 0. The number of amides is 2. The van der Waals surface area contributed by atoms with Crippen LogP contribution in [0.2, 0.25) is 0 Å². The highest BCUT2D eigenvalue weighted by atomic mass is 16.2. The number of aryl methyl sites for hydroxylation is 1. The van der Waals surface area contributed by atoms with Gasteiger partial charge in [-0.1, -0.05) is 24.3 Å². The molecule has 0 fully saturated rings. The molecule has 0 unspecified atom stereocenters. The number of hydrogen-bond donors (Lipinski definition) is 2. The molecular weight excluding hydrogens is 332 g/mol. The van der Waals surface area contributed by atoms with Gasteiger partial charge in [0.1, 0.15) is 12.4 Å². The van der Waals surface area contributed by atoms with Crippen molar-refractivity contribution in [1.29, 1.82) is 0 Å². The summed E-state index contributed by atoms with van der Waals surface area (Å²) in [6, 6.07) is 14.2. The van der Waals surface area contributed by atoms with Crippen LogP contribution in [0.15, 0.2) is 53.3 Å². The zero-order valence-electron chi connectivity index (χ0n) is 13.9. The van der Waals surface area contributed by atoms with Gasteiger partial charge in [0.25, 0.3) is 5.56 Å². The number of nitrogens with one attached hydrogen (secondary N) is 2. The Morgan fingerprint density at radius 2 is 1.85 bits per heavy atom.